The monoisotopic (exact) mass is 194 g/mol. The lowest BCUT2D eigenvalue weighted by Crippen LogP contribution is -2.27. The summed E-state index contributed by atoms with van der Waals surface area (Å²) in [6.45, 7) is 8.02. The zero-order chi connectivity index (χ0) is 10.4. The lowest BCUT2D eigenvalue weighted by atomic mass is 9.88. The van der Waals surface area contributed by atoms with E-state index in [0.29, 0.717) is 18.1 Å². The number of hydrogen-bond acceptors (Lipinski definition) is 1. The smallest absolute Gasteiger partial charge is 0.0644 e. The molecule has 0 radical (unpaired) electrons. The molecule has 1 aliphatic rings. The molecule has 14 heavy (non-hydrogen) atoms. The Labute approximate surface area is 87.8 Å². The van der Waals surface area contributed by atoms with Crippen LogP contribution in [0.3, 0.4) is 0 Å². The van der Waals surface area contributed by atoms with Crippen molar-refractivity contribution in [1.82, 2.24) is 0 Å². The molecule has 0 N–H and O–H groups in total. The molecule has 0 saturated heterocycles. The number of hydrogen-bond donors (Lipinski definition) is 0. The van der Waals surface area contributed by atoms with Gasteiger partial charge in [-0.15, -0.1) is 6.58 Å². The van der Waals surface area contributed by atoms with Crippen molar-refractivity contribution in [3.05, 3.63) is 24.8 Å². The SMILES string of the molecule is C=CCC(OC(C)C)C1CC=CCC1. The van der Waals surface area contributed by atoms with Gasteiger partial charge in [0, 0.05) is 0 Å². The minimum Gasteiger partial charge on any atom is -0.375 e. The van der Waals surface area contributed by atoms with Gasteiger partial charge in [-0.25, -0.2) is 0 Å². The number of ether oxygens (including phenoxy) is 1. The van der Waals surface area contributed by atoms with E-state index in [1.54, 1.807) is 0 Å². The van der Waals surface area contributed by atoms with Gasteiger partial charge in [0.25, 0.3) is 0 Å². The second-order valence-electron chi connectivity index (χ2n) is 4.29. The van der Waals surface area contributed by atoms with E-state index in [1.165, 1.54) is 19.3 Å². The van der Waals surface area contributed by atoms with E-state index < -0.39 is 0 Å². The molecule has 1 rings (SSSR count). The average molecular weight is 194 g/mol. The maximum absolute atomic E-state index is 5.93. The summed E-state index contributed by atoms with van der Waals surface area (Å²) in [4.78, 5) is 0. The fraction of sp³-hybridized carbons (Fsp3) is 0.692. The summed E-state index contributed by atoms with van der Waals surface area (Å²) in [6.07, 6.45) is 11.9. The Balaban J connectivity index is 2.47. The Hall–Kier alpha value is -0.560. The van der Waals surface area contributed by atoms with E-state index in [0.717, 1.165) is 6.42 Å². The number of allylic oxidation sites excluding steroid dienone is 2. The lowest BCUT2D eigenvalue weighted by Gasteiger charge is -2.29. The van der Waals surface area contributed by atoms with Crippen molar-refractivity contribution in [1.29, 1.82) is 0 Å². The van der Waals surface area contributed by atoms with Crippen LogP contribution in [-0.4, -0.2) is 12.2 Å². The van der Waals surface area contributed by atoms with Crippen LogP contribution in [0.4, 0.5) is 0 Å². The van der Waals surface area contributed by atoms with Crippen LogP contribution in [0.5, 0.6) is 0 Å². The van der Waals surface area contributed by atoms with E-state index >= 15 is 0 Å². The van der Waals surface area contributed by atoms with Crippen molar-refractivity contribution in [3.8, 4) is 0 Å². The molecule has 0 heterocycles. The maximum atomic E-state index is 5.93. The Morgan fingerprint density at radius 1 is 1.50 bits per heavy atom. The highest BCUT2D eigenvalue weighted by atomic mass is 16.5. The second kappa shape index (κ2) is 6.02. The molecule has 0 saturated carbocycles. The molecule has 2 atom stereocenters. The first-order chi connectivity index (χ1) is 6.74. The van der Waals surface area contributed by atoms with Crippen LogP contribution in [0.2, 0.25) is 0 Å². The molecule has 0 bridgehead atoms. The minimum absolute atomic E-state index is 0.325. The van der Waals surface area contributed by atoms with Crippen molar-refractivity contribution in [2.45, 2.75) is 51.7 Å². The molecular weight excluding hydrogens is 172 g/mol. The molecular formula is C13H22O. The quantitative estimate of drug-likeness (QED) is 0.606. The van der Waals surface area contributed by atoms with Gasteiger partial charge >= 0.3 is 0 Å². The topological polar surface area (TPSA) is 9.23 Å². The van der Waals surface area contributed by atoms with E-state index in [1.807, 2.05) is 6.08 Å². The molecule has 0 fully saturated rings. The van der Waals surface area contributed by atoms with Crippen LogP contribution in [0.1, 0.15) is 39.5 Å². The maximum Gasteiger partial charge on any atom is 0.0644 e. The summed E-state index contributed by atoms with van der Waals surface area (Å²) in [5, 5.41) is 0. The van der Waals surface area contributed by atoms with Gasteiger partial charge in [-0.2, -0.15) is 0 Å². The molecule has 0 aromatic heterocycles. The molecule has 0 aromatic carbocycles. The van der Waals surface area contributed by atoms with Gasteiger partial charge in [0.1, 0.15) is 0 Å². The summed E-state index contributed by atoms with van der Waals surface area (Å²) >= 11 is 0. The van der Waals surface area contributed by atoms with Gasteiger partial charge in [0.15, 0.2) is 0 Å². The van der Waals surface area contributed by atoms with Gasteiger partial charge in [-0.1, -0.05) is 18.2 Å². The molecule has 0 amide bonds. The molecule has 1 nitrogen and oxygen atoms in total. The summed E-state index contributed by atoms with van der Waals surface area (Å²) in [5.41, 5.74) is 0. The Kier molecular flexibility index (Phi) is 4.95. The van der Waals surface area contributed by atoms with E-state index in [-0.39, 0.29) is 0 Å². The van der Waals surface area contributed by atoms with Crippen LogP contribution in [0, 0.1) is 5.92 Å². The third-order valence-electron chi connectivity index (χ3n) is 2.68. The van der Waals surface area contributed by atoms with Crippen molar-refractivity contribution < 1.29 is 4.74 Å². The van der Waals surface area contributed by atoms with Gasteiger partial charge in [0.05, 0.1) is 12.2 Å². The molecule has 80 valence electrons. The van der Waals surface area contributed by atoms with Gasteiger partial charge < -0.3 is 4.74 Å². The molecule has 1 heteroatoms. The molecule has 0 aromatic rings. The zero-order valence-electron chi connectivity index (χ0n) is 9.41. The zero-order valence-corrected chi connectivity index (χ0v) is 9.41. The van der Waals surface area contributed by atoms with Crippen LogP contribution >= 0.6 is 0 Å². The molecule has 1 aliphatic carbocycles. The summed E-state index contributed by atoms with van der Waals surface area (Å²) in [6, 6.07) is 0. The van der Waals surface area contributed by atoms with E-state index in [2.05, 4.69) is 32.6 Å². The van der Waals surface area contributed by atoms with Gasteiger partial charge in [-0.05, 0) is 45.4 Å². The number of rotatable bonds is 5. The highest BCUT2D eigenvalue weighted by Crippen LogP contribution is 2.26. The third-order valence-corrected chi connectivity index (χ3v) is 2.68. The largest absolute Gasteiger partial charge is 0.375 e. The summed E-state index contributed by atoms with van der Waals surface area (Å²) in [5.74, 6) is 0.695. The molecule has 0 spiro atoms. The van der Waals surface area contributed by atoms with Crippen LogP contribution in [0.15, 0.2) is 24.8 Å². The molecule has 2 unspecified atom stereocenters. The third kappa shape index (κ3) is 3.67. The van der Waals surface area contributed by atoms with Crippen molar-refractivity contribution in [3.63, 3.8) is 0 Å². The first-order valence-corrected chi connectivity index (χ1v) is 5.65. The summed E-state index contributed by atoms with van der Waals surface area (Å²) < 4.78 is 5.93. The van der Waals surface area contributed by atoms with E-state index in [4.69, 9.17) is 4.74 Å². The fourth-order valence-corrected chi connectivity index (χ4v) is 2.03. The normalized spacial score (nSPS) is 23.8. The first-order valence-electron chi connectivity index (χ1n) is 5.65. The Morgan fingerprint density at radius 3 is 2.79 bits per heavy atom. The second-order valence-corrected chi connectivity index (χ2v) is 4.29. The first kappa shape index (κ1) is 11.5. The van der Waals surface area contributed by atoms with Crippen molar-refractivity contribution in [2.24, 2.45) is 5.92 Å². The van der Waals surface area contributed by atoms with E-state index in [9.17, 15) is 0 Å². The molecule has 0 aliphatic heterocycles. The average Bonchev–Trinajstić information content (AvgIpc) is 2.18. The Morgan fingerprint density at radius 2 is 2.29 bits per heavy atom. The lowest BCUT2D eigenvalue weighted by molar-refractivity contribution is -0.0265. The van der Waals surface area contributed by atoms with Crippen LogP contribution < -0.4 is 0 Å². The van der Waals surface area contributed by atoms with Gasteiger partial charge in [-0.3, -0.25) is 0 Å². The predicted octanol–water partition coefficient (Wildman–Crippen LogP) is 3.71. The Bertz CT molecular complexity index is 193. The fourth-order valence-electron chi connectivity index (χ4n) is 2.03. The summed E-state index contributed by atoms with van der Waals surface area (Å²) in [7, 11) is 0. The predicted molar refractivity (Wildman–Crippen MR) is 61.3 cm³/mol. The highest BCUT2D eigenvalue weighted by Gasteiger charge is 2.21. The van der Waals surface area contributed by atoms with Crippen molar-refractivity contribution in [2.75, 3.05) is 0 Å². The minimum atomic E-state index is 0.325. The highest BCUT2D eigenvalue weighted by molar-refractivity contribution is 4.94. The van der Waals surface area contributed by atoms with Gasteiger partial charge in [0.2, 0.25) is 0 Å². The standard InChI is InChI=1S/C13H22O/c1-4-8-13(14-11(2)3)12-9-6-5-7-10-12/h4-6,11-13H,1,7-10H2,2-3H3. The van der Waals surface area contributed by atoms with Crippen LogP contribution in [0.25, 0.3) is 0 Å². The van der Waals surface area contributed by atoms with Crippen molar-refractivity contribution >= 4 is 0 Å². The van der Waals surface area contributed by atoms with Crippen LogP contribution in [-0.2, 0) is 4.74 Å².